The van der Waals surface area contributed by atoms with E-state index in [0.29, 0.717) is 11.7 Å². The summed E-state index contributed by atoms with van der Waals surface area (Å²) in [6, 6.07) is 5.41. The van der Waals surface area contributed by atoms with Gasteiger partial charge in [-0.15, -0.1) is 0 Å². The summed E-state index contributed by atoms with van der Waals surface area (Å²) in [5, 5.41) is 3.36. The van der Waals surface area contributed by atoms with E-state index >= 15 is 0 Å². The maximum Gasteiger partial charge on any atom is 0.179 e. The van der Waals surface area contributed by atoms with Gasteiger partial charge in [0.15, 0.2) is 9.84 Å². The fourth-order valence-corrected chi connectivity index (χ4v) is 3.20. The molecule has 1 atom stereocenters. The van der Waals surface area contributed by atoms with E-state index in [4.69, 9.17) is 4.74 Å². The summed E-state index contributed by atoms with van der Waals surface area (Å²) in [4.78, 5) is 0.262. The lowest BCUT2D eigenvalue weighted by molar-refractivity contribution is 0.400. The van der Waals surface area contributed by atoms with Crippen LogP contribution in [0.2, 0.25) is 0 Å². The molecule has 0 spiro atoms. The Morgan fingerprint density at radius 3 is 2.72 bits per heavy atom. The summed E-state index contributed by atoms with van der Waals surface area (Å²) in [5.41, 5.74) is 1.14. The third kappa shape index (κ3) is 2.84. The summed E-state index contributed by atoms with van der Waals surface area (Å²) < 4.78 is 28.4. The standard InChI is InChI=1S/C13H19NO3S/c1-17-12-8-10(11-4-3-7-14-9-11)5-6-13(12)18(2,15)16/h5-6,8,11,14H,3-4,7,9H2,1-2H3. The van der Waals surface area contributed by atoms with Crippen molar-refractivity contribution in [3.63, 3.8) is 0 Å². The summed E-state index contributed by atoms with van der Waals surface area (Å²) in [6.45, 7) is 2.01. The van der Waals surface area contributed by atoms with E-state index in [0.717, 1.165) is 31.5 Å². The molecule has 1 unspecified atom stereocenters. The van der Waals surface area contributed by atoms with Crippen LogP contribution in [0, 0.1) is 0 Å². The summed E-state index contributed by atoms with van der Waals surface area (Å²) >= 11 is 0. The van der Waals surface area contributed by atoms with Gasteiger partial charge in [0, 0.05) is 12.8 Å². The van der Waals surface area contributed by atoms with Crippen molar-refractivity contribution in [2.45, 2.75) is 23.7 Å². The Balaban J connectivity index is 2.35. The Labute approximate surface area is 108 Å². The van der Waals surface area contributed by atoms with Crippen molar-refractivity contribution < 1.29 is 13.2 Å². The average Bonchev–Trinajstić information content (AvgIpc) is 2.38. The van der Waals surface area contributed by atoms with E-state index in [1.165, 1.54) is 13.4 Å². The van der Waals surface area contributed by atoms with Crippen LogP contribution in [0.15, 0.2) is 23.1 Å². The van der Waals surface area contributed by atoms with E-state index in [1.807, 2.05) is 12.1 Å². The number of ether oxygens (including phenoxy) is 1. The molecule has 0 saturated carbocycles. The Morgan fingerprint density at radius 1 is 1.39 bits per heavy atom. The molecule has 0 aromatic heterocycles. The molecule has 1 heterocycles. The van der Waals surface area contributed by atoms with E-state index in [-0.39, 0.29) is 4.90 Å². The fraction of sp³-hybridized carbons (Fsp3) is 0.538. The first-order valence-electron chi connectivity index (χ1n) is 6.11. The molecular weight excluding hydrogens is 250 g/mol. The zero-order valence-corrected chi connectivity index (χ0v) is 11.6. The molecule has 18 heavy (non-hydrogen) atoms. The highest BCUT2D eigenvalue weighted by atomic mass is 32.2. The normalized spacial score (nSPS) is 20.7. The highest BCUT2D eigenvalue weighted by molar-refractivity contribution is 7.90. The lowest BCUT2D eigenvalue weighted by atomic mass is 9.91. The van der Waals surface area contributed by atoms with Crippen molar-refractivity contribution in [3.8, 4) is 5.75 Å². The third-order valence-electron chi connectivity index (χ3n) is 3.36. The Hall–Kier alpha value is -1.07. The predicted molar refractivity (Wildman–Crippen MR) is 70.9 cm³/mol. The maximum absolute atomic E-state index is 11.6. The number of piperidine rings is 1. The minimum Gasteiger partial charge on any atom is -0.495 e. The maximum atomic E-state index is 11.6. The van der Waals surface area contributed by atoms with Gasteiger partial charge in [-0.2, -0.15) is 0 Å². The summed E-state index contributed by atoms with van der Waals surface area (Å²) in [7, 11) is -1.73. The first kappa shape index (κ1) is 13.4. The average molecular weight is 269 g/mol. The number of hydrogen-bond acceptors (Lipinski definition) is 4. The number of sulfone groups is 1. The molecule has 4 nitrogen and oxygen atoms in total. The monoisotopic (exact) mass is 269 g/mol. The smallest absolute Gasteiger partial charge is 0.179 e. The zero-order valence-electron chi connectivity index (χ0n) is 10.8. The van der Waals surface area contributed by atoms with Crippen molar-refractivity contribution in [1.29, 1.82) is 0 Å². The van der Waals surface area contributed by atoms with Crippen LogP contribution in [-0.2, 0) is 9.84 Å². The highest BCUT2D eigenvalue weighted by Gasteiger charge is 2.19. The van der Waals surface area contributed by atoms with Crippen molar-refractivity contribution in [2.75, 3.05) is 26.5 Å². The van der Waals surface area contributed by atoms with Gasteiger partial charge in [-0.05, 0) is 43.0 Å². The zero-order chi connectivity index (χ0) is 13.2. The van der Waals surface area contributed by atoms with E-state index < -0.39 is 9.84 Å². The summed E-state index contributed by atoms with van der Waals surface area (Å²) in [6.07, 6.45) is 3.49. The van der Waals surface area contributed by atoms with Crippen molar-refractivity contribution in [1.82, 2.24) is 5.32 Å². The van der Waals surface area contributed by atoms with Gasteiger partial charge >= 0.3 is 0 Å². The second-order valence-electron chi connectivity index (χ2n) is 4.73. The topological polar surface area (TPSA) is 55.4 Å². The molecule has 1 aromatic carbocycles. The number of rotatable bonds is 3. The first-order chi connectivity index (χ1) is 8.52. The van der Waals surface area contributed by atoms with Gasteiger partial charge in [0.1, 0.15) is 10.6 Å². The molecule has 1 N–H and O–H groups in total. The van der Waals surface area contributed by atoms with Crippen LogP contribution in [0.25, 0.3) is 0 Å². The molecule has 1 saturated heterocycles. The van der Waals surface area contributed by atoms with Crippen LogP contribution < -0.4 is 10.1 Å². The van der Waals surface area contributed by atoms with Crippen molar-refractivity contribution >= 4 is 9.84 Å². The Morgan fingerprint density at radius 2 is 2.17 bits per heavy atom. The molecule has 1 aromatic rings. The van der Waals surface area contributed by atoms with Crippen LogP contribution in [0.5, 0.6) is 5.75 Å². The van der Waals surface area contributed by atoms with Crippen molar-refractivity contribution in [3.05, 3.63) is 23.8 Å². The molecule has 1 fully saturated rings. The lowest BCUT2D eigenvalue weighted by Gasteiger charge is -2.23. The van der Waals surface area contributed by atoms with Gasteiger partial charge in [0.05, 0.1) is 7.11 Å². The van der Waals surface area contributed by atoms with Gasteiger partial charge in [0.2, 0.25) is 0 Å². The van der Waals surface area contributed by atoms with Gasteiger partial charge in [0.25, 0.3) is 0 Å². The molecular formula is C13H19NO3S. The largest absolute Gasteiger partial charge is 0.495 e. The quantitative estimate of drug-likeness (QED) is 0.905. The fourth-order valence-electron chi connectivity index (χ4n) is 2.38. The number of benzene rings is 1. The van der Waals surface area contributed by atoms with Crippen molar-refractivity contribution in [2.24, 2.45) is 0 Å². The van der Waals surface area contributed by atoms with Crippen LogP contribution >= 0.6 is 0 Å². The lowest BCUT2D eigenvalue weighted by Crippen LogP contribution is -2.28. The van der Waals surface area contributed by atoms with Gasteiger partial charge in [-0.1, -0.05) is 6.07 Å². The van der Waals surface area contributed by atoms with Crippen LogP contribution in [-0.4, -0.2) is 34.9 Å². The van der Waals surface area contributed by atoms with Gasteiger partial charge < -0.3 is 10.1 Å². The SMILES string of the molecule is COc1cc(C2CCCNC2)ccc1S(C)(=O)=O. The minimum atomic E-state index is -3.23. The van der Waals surface area contributed by atoms with Gasteiger partial charge in [-0.3, -0.25) is 0 Å². The van der Waals surface area contributed by atoms with Crippen LogP contribution in [0.1, 0.15) is 24.3 Å². The van der Waals surface area contributed by atoms with Gasteiger partial charge in [-0.25, -0.2) is 8.42 Å². The second-order valence-corrected chi connectivity index (χ2v) is 6.71. The third-order valence-corrected chi connectivity index (χ3v) is 4.49. The molecule has 0 radical (unpaired) electrons. The van der Waals surface area contributed by atoms with E-state index in [2.05, 4.69) is 5.32 Å². The highest BCUT2D eigenvalue weighted by Crippen LogP contribution is 2.30. The molecule has 5 heteroatoms. The van der Waals surface area contributed by atoms with E-state index in [1.54, 1.807) is 6.07 Å². The van der Waals surface area contributed by atoms with E-state index in [9.17, 15) is 8.42 Å². The van der Waals surface area contributed by atoms with Crippen LogP contribution in [0.4, 0.5) is 0 Å². The molecule has 0 amide bonds. The molecule has 0 aliphatic carbocycles. The molecule has 100 valence electrons. The molecule has 1 aliphatic heterocycles. The number of methoxy groups -OCH3 is 1. The minimum absolute atomic E-state index is 0.262. The molecule has 2 rings (SSSR count). The predicted octanol–water partition coefficient (Wildman–Crippen LogP) is 1.57. The first-order valence-corrected chi connectivity index (χ1v) is 8.00. The number of hydrogen-bond donors (Lipinski definition) is 1. The Kier molecular flexibility index (Phi) is 3.92. The molecule has 0 bridgehead atoms. The second kappa shape index (κ2) is 5.28. The summed E-state index contributed by atoms with van der Waals surface area (Å²) in [5.74, 6) is 0.891. The molecule has 1 aliphatic rings. The Bertz CT molecular complexity index is 519. The number of nitrogens with one attached hydrogen (secondary N) is 1. The van der Waals surface area contributed by atoms with Crippen LogP contribution in [0.3, 0.4) is 0 Å².